The van der Waals surface area contributed by atoms with E-state index in [0.717, 1.165) is 49.0 Å². The second-order valence-electron chi connectivity index (χ2n) is 5.36. The van der Waals surface area contributed by atoms with Gasteiger partial charge in [0.05, 0.1) is 0 Å². The summed E-state index contributed by atoms with van der Waals surface area (Å²) in [5.74, 6) is 2.67. The lowest BCUT2D eigenvalue weighted by atomic mass is 10.2. The second kappa shape index (κ2) is 8.04. The van der Waals surface area contributed by atoms with Crippen molar-refractivity contribution in [2.75, 3.05) is 29.9 Å². The van der Waals surface area contributed by atoms with Crippen LogP contribution in [-0.4, -0.2) is 40.8 Å². The van der Waals surface area contributed by atoms with Crippen molar-refractivity contribution < 1.29 is 5.11 Å². The quantitative estimate of drug-likeness (QED) is 0.766. The molecule has 1 aromatic rings. The van der Waals surface area contributed by atoms with Gasteiger partial charge in [-0.3, -0.25) is 0 Å². The second-order valence-corrected chi connectivity index (χ2v) is 5.36. The van der Waals surface area contributed by atoms with E-state index in [1.807, 2.05) is 6.92 Å². The molecule has 2 N–H and O–H groups in total. The van der Waals surface area contributed by atoms with Gasteiger partial charge in [0.2, 0.25) is 0 Å². The first-order valence-corrected chi connectivity index (χ1v) is 7.47. The largest absolute Gasteiger partial charge is 0.396 e. The highest BCUT2D eigenvalue weighted by Gasteiger charge is 2.17. The highest BCUT2D eigenvalue weighted by molar-refractivity contribution is 5.59. The summed E-state index contributed by atoms with van der Waals surface area (Å²) in [5, 5.41) is 12.4. The molecule has 0 spiro atoms. The lowest BCUT2D eigenvalue weighted by Crippen LogP contribution is -2.34. The van der Waals surface area contributed by atoms with Crippen LogP contribution in [0.25, 0.3) is 0 Å². The zero-order valence-electron chi connectivity index (χ0n) is 13.4. The third kappa shape index (κ3) is 4.34. The van der Waals surface area contributed by atoms with Crippen LogP contribution in [0, 0.1) is 13.8 Å². The minimum atomic E-state index is 0.202. The van der Waals surface area contributed by atoms with Crippen LogP contribution in [0.4, 0.5) is 11.6 Å². The molecule has 0 saturated heterocycles. The van der Waals surface area contributed by atoms with Crippen molar-refractivity contribution in [1.29, 1.82) is 0 Å². The van der Waals surface area contributed by atoms with Crippen LogP contribution in [0.1, 0.15) is 45.0 Å². The summed E-state index contributed by atoms with van der Waals surface area (Å²) < 4.78 is 0. The molecule has 5 heteroatoms. The molecular weight excluding hydrogens is 252 g/mol. The topological polar surface area (TPSA) is 61.3 Å². The maximum atomic E-state index is 9.07. The molecule has 0 unspecified atom stereocenters. The molecule has 0 atom stereocenters. The van der Waals surface area contributed by atoms with E-state index in [9.17, 15) is 0 Å². The first-order chi connectivity index (χ1) is 9.51. The molecule has 0 radical (unpaired) electrons. The zero-order chi connectivity index (χ0) is 15.1. The van der Waals surface area contributed by atoms with Crippen LogP contribution in [0.15, 0.2) is 0 Å². The number of nitrogens with one attached hydrogen (secondary N) is 1. The van der Waals surface area contributed by atoms with Crippen LogP contribution < -0.4 is 10.2 Å². The Morgan fingerprint density at radius 1 is 1.25 bits per heavy atom. The van der Waals surface area contributed by atoms with E-state index >= 15 is 0 Å². The van der Waals surface area contributed by atoms with E-state index in [0.29, 0.717) is 6.04 Å². The lowest BCUT2D eigenvalue weighted by Gasteiger charge is -2.30. The van der Waals surface area contributed by atoms with Gasteiger partial charge in [-0.15, -0.1) is 0 Å². The molecule has 0 amide bonds. The van der Waals surface area contributed by atoms with Crippen molar-refractivity contribution in [3.63, 3.8) is 0 Å². The van der Waals surface area contributed by atoms with Crippen LogP contribution in [-0.2, 0) is 0 Å². The Hall–Kier alpha value is -1.36. The molecule has 5 nitrogen and oxygen atoms in total. The number of nitrogens with zero attached hydrogens (tertiary/aromatic N) is 3. The van der Waals surface area contributed by atoms with Crippen LogP contribution >= 0.6 is 0 Å². The molecule has 1 heterocycles. The minimum Gasteiger partial charge on any atom is -0.396 e. The van der Waals surface area contributed by atoms with Crippen LogP contribution in [0.5, 0.6) is 0 Å². The average Bonchev–Trinajstić information content (AvgIpc) is 2.40. The predicted octanol–water partition coefficient (Wildman–Crippen LogP) is 2.51. The Balaban J connectivity index is 3.09. The lowest BCUT2D eigenvalue weighted by molar-refractivity contribution is 0.288. The van der Waals surface area contributed by atoms with Gasteiger partial charge in [0.1, 0.15) is 17.5 Å². The molecule has 0 saturated carbocycles. The first-order valence-electron chi connectivity index (χ1n) is 7.47. The van der Waals surface area contributed by atoms with E-state index in [4.69, 9.17) is 5.11 Å². The van der Waals surface area contributed by atoms with Gasteiger partial charge in [-0.25, -0.2) is 9.97 Å². The Labute approximate surface area is 122 Å². The summed E-state index contributed by atoms with van der Waals surface area (Å²) in [7, 11) is 0. The standard InChI is InChI=1S/C15H28N4O/c1-6-8-16-14-12(4)15(18-13(5)17-14)19(11(2)3)9-7-10-20/h11,20H,6-10H2,1-5H3,(H,16,17,18). The fourth-order valence-corrected chi connectivity index (χ4v) is 2.16. The van der Waals surface area contributed by atoms with Crippen molar-refractivity contribution in [2.24, 2.45) is 0 Å². The molecule has 0 aliphatic heterocycles. The number of hydrogen-bond acceptors (Lipinski definition) is 5. The number of rotatable bonds is 8. The molecule has 20 heavy (non-hydrogen) atoms. The predicted molar refractivity (Wildman–Crippen MR) is 84.5 cm³/mol. The van der Waals surface area contributed by atoms with E-state index in [-0.39, 0.29) is 6.61 Å². The minimum absolute atomic E-state index is 0.202. The molecule has 1 rings (SSSR count). The SMILES string of the molecule is CCCNc1nc(C)nc(N(CCCO)C(C)C)c1C. The average molecular weight is 280 g/mol. The van der Waals surface area contributed by atoms with Gasteiger partial charge in [-0.1, -0.05) is 6.92 Å². The molecule has 0 fully saturated rings. The van der Waals surface area contributed by atoms with E-state index in [1.54, 1.807) is 0 Å². The van der Waals surface area contributed by atoms with E-state index in [2.05, 4.69) is 47.9 Å². The maximum Gasteiger partial charge on any atom is 0.137 e. The third-order valence-corrected chi connectivity index (χ3v) is 3.23. The van der Waals surface area contributed by atoms with E-state index < -0.39 is 0 Å². The molecule has 0 aliphatic carbocycles. The molecule has 0 bridgehead atoms. The highest BCUT2D eigenvalue weighted by Crippen LogP contribution is 2.25. The number of aromatic nitrogens is 2. The van der Waals surface area contributed by atoms with Gasteiger partial charge in [-0.2, -0.15) is 0 Å². The normalized spacial score (nSPS) is 10.9. The van der Waals surface area contributed by atoms with Gasteiger partial charge < -0.3 is 15.3 Å². The summed E-state index contributed by atoms with van der Waals surface area (Å²) in [6.45, 7) is 12.3. The Bertz CT molecular complexity index is 421. The number of hydrogen-bond donors (Lipinski definition) is 2. The van der Waals surface area contributed by atoms with Crippen molar-refractivity contribution in [2.45, 2.75) is 53.5 Å². The van der Waals surface area contributed by atoms with Crippen molar-refractivity contribution in [1.82, 2.24) is 9.97 Å². The monoisotopic (exact) mass is 280 g/mol. The smallest absolute Gasteiger partial charge is 0.137 e. The number of aliphatic hydroxyl groups is 1. The third-order valence-electron chi connectivity index (χ3n) is 3.23. The summed E-state index contributed by atoms with van der Waals surface area (Å²) in [4.78, 5) is 11.3. The summed E-state index contributed by atoms with van der Waals surface area (Å²) in [6, 6.07) is 0.341. The number of anilines is 2. The summed E-state index contributed by atoms with van der Waals surface area (Å²) in [6.07, 6.45) is 1.81. The Morgan fingerprint density at radius 2 is 1.95 bits per heavy atom. The summed E-state index contributed by atoms with van der Waals surface area (Å²) >= 11 is 0. The Kier molecular flexibility index (Phi) is 6.71. The van der Waals surface area contributed by atoms with E-state index in [1.165, 1.54) is 0 Å². The molecule has 114 valence electrons. The van der Waals surface area contributed by atoms with Gasteiger partial charge in [0.25, 0.3) is 0 Å². The van der Waals surface area contributed by atoms with Crippen molar-refractivity contribution >= 4 is 11.6 Å². The zero-order valence-corrected chi connectivity index (χ0v) is 13.4. The van der Waals surface area contributed by atoms with Crippen molar-refractivity contribution in [3.05, 3.63) is 11.4 Å². The molecule has 1 aromatic heterocycles. The fraction of sp³-hybridized carbons (Fsp3) is 0.733. The van der Waals surface area contributed by atoms with Crippen LogP contribution in [0.3, 0.4) is 0 Å². The molecule has 0 aliphatic rings. The number of aliphatic hydroxyl groups excluding tert-OH is 1. The van der Waals surface area contributed by atoms with Crippen LogP contribution in [0.2, 0.25) is 0 Å². The highest BCUT2D eigenvalue weighted by atomic mass is 16.3. The fourth-order valence-electron chi connectivity index (χ4n) is 2.16. The first kappa shape index (κ1) is 16.7. The van der Waals surface area contributed by atoms with Gasteiger partial charge in [-0.05, 0) is 40.5 Å². The van der Waals surface area contributed by atoms with Gasteiger partial charge in [0.15, 0.2) is 0 Å². The Morgan fingerprint density at radius 3 is 2.50 bits per heavy atom. The van der Waals surface area contributed by atoms with Gasteiger partial charge in [0, 0.05) is 31.3 Å². The van der Waals surface area contributed by atoms with Crippen molar-refractivity contribution in [3.8, 4) is 0 Å². The maximum absolute atomic E-state index is 9.07. The molecule has 0 aromatic carbocycles. The number of aryl methyl sites for hydroxylation is 1. The summed E-state index contributed by atoms with van der Waals surface area (Å²) in [5.41, 5.74) is 1.08. The molecular formula is C15H28N4O. The van der Waals surface area contributed by atoms with Gasteiger partial charge >= 0.3 is 0 Å².